The average molecular weight is 407 g/mol. The first-order valence-electron chi connectivity index (χ1n) is 9.00. The minimum absolute atomic E-state index is 0.182. The monoisotopic (exact) mass is 407 g/mol. The molecule has 0 aliphatic heterocycles. The van der Waals surface area contributed by atoms with E-state index in [2.05, 4.69) is 15.3 Å². The Hall–Kier alpha value is -3.32. The van der Waals surface area contributed by atoms with Crippen molar-refractivity contribution in [3.8, 4) is 17.0 Å². The molecule has 1 N–H and O–H groups in total. The molecule has 2 aromatic heterocycles. The summed E-state index contributed by atoms with van der Waals surface area (Å²) in [5.74, 6) is -0.246. The number of carbonyl (C=O) groups excluding carboxylic acids is 1. The van der Waals surface area contributed by atoms with Crippen molar-refractivity contribution in [1.82, 2.24) is 9.97 Å². The van der Waals surface area contributed by atoms with Crippen molar-refractivity contribution in [2.24, 2.45) is 0 Å². The van der Waals surface area contributed by atoms with Crippen molar-refractivity contribution in [2.75, 3.05) is 11.9 Å². The number of carbonyl (C=O) groups is 1. The summed E-state index contributed by atoms with van der Waals surface area (Å²) < 4.78 is 19.0. The maximum atomic E-state index is 13.3. The zero-order chi connectivity index (χ0) is 20.4. The number of benzene rings is 2. The lowest BCUT2D eigenvalue weighted by Crippen LogP contribution is -2.21. The molecule has 1 amide bonds. The molecular formula is C22H18FN3O2S. The summed E-state index contributed by atoms with van der Waals surface area (Å²) in [4.78, 5) is 21.7. The van der Waals surface area contributed by atoms with Crippen molar-refractivity contribution in [3.05, 3.63) is 71.1 Å². The lowest BCUT2D eigenvalue weighted by atomic mass is 10.1. The third kappa shape index (κ3) is 3.95. The van der Waals surface area contributed by atoms with Gasteiger partial charge in [-0.1, -0.05) is 30.3 Å². The summed E-state index contributed by atoms with van der Waals surface area (Å²) in [5, 5.41) is 5.54. The Labute approximate surface area is 171 Å². The van der Waals surface area contributed by atoms with Crippen LogP contribution in [0.3, 0.4) is 0 Å². The van der Waals surface area contributed by atoms with Gasteiger partial charge in [0, 0.05) is 16.6 Å². The summed E-state index contributed by atoms with van der Waals surface area (Å²) in [6.07, 6.45) is 1.41. The van der Waals surface area contributed by atoms with Crippen LogP contribution in [0.1, 0.15) is 11.1 Å². The Morgan fingerprint density at radius 2 is 1.83 bits per heavy atom. The number of nitrogens with zero attached hydrogens (tertiary/aromatic N) is 2. The molecule has 146 valence electrons. The highest BCUT2D eigenvalue weighted by atomic mass is 32.1. The number of aryl methyl sites for hydroxylation is 2. The Morgan fingerprint density at radius 3 is 2.55 bits per heavy atom. The largest absolute Gasteiger partial charge is 0.467 e. The zero-order valence-electron chi connectivity index (χ0n) is 15.9. The van der Waals surface area contributed by atoms with Gasteiger partial charge in [0.15, 0.2) is 6.61 Å². The SMILES string of the molecule is Cc1cccc(C)c1NC(=O)COc1ncnc2scc(-c3ccc(F)cc3)c12. The molecular weight excluding hydrogens is 389 g/mol. The molecule has 7 heteroatoms. The molecule has 0 saturated carbocycles. The van der Waals surface area contributed by atoms with E-state index >= 15 is 0 Å². The number of thiophene rings is 1. The first-order valence-corrected chi connectivity index (χ1v) is 9.88. The number of hydrogen-bond acceptors (Lipinski definition) is 5. The maximum absolute atomic E-state index is 13.3. The van der Waals surface area contributed by atoms with Gasteiger partial charge in [0.2, 0.25) is 5.88 Å². The first-order chi connectivity index (χ1) is 14.0. The Morgan fingerprint density at radius 1 is 1.10 bits per heavy atom. The Kier molecular flexibility index (Phi) is 5.22. The lowest BCUT2D eigenvalue weighted by molar-refractivity contribution is -0.118. The van der Waals surface area contributed by atoms with E-state index in [9.17, 15) is 9.18 Å². The van der Waals surface area contributed by atoms with Gasteiger partial charge in [-0.05, 0) is 42.7 Å². The normalized spacial score (nSPS) is 10.9. The molecule has 29 heavy (non-hydrogen) atoms. The fraction of sp³-hybridized carbons (Fsp3) is 0.136. The van der Waals surface area contributed by atoms with Gasteiger partial charge in [0.05, 0.1) is 5.39 Å². The second-order valence-corrected chi connectivity index (χ2v) is 7.48. The predicted octanol–water partition coefficient (Wildman–Crippen LogP) is 5.13. The zero-order valence-corrected chi connectivity index (χ0v) is 16.7. The fourth-order valence-corrected chi connectivity index (χ4v) is 4.03. The van der Waals surface area contributed by atoms with Crippen LogP contribution in [0.25, 0.3) is 21.3 Å². The molecule has 0 spiro atoms. The van der Waals surface area contributed by atoms with Crippen LogP contribution in [0.5, 0.6) is 5.88 Å². The topological polar surface area (TPSA) is 64.1 Å². The van der Waals surface area contributed by atoms with Gasteiger partial charge in [0.1, 0.15) is 17.0 Å². The highest BCUT2D eigenvalue weighted by Crippen LogP contribution is 2.37. The number of anilines is 1. The van der Waals surface area contributed by atoms with E-state index in [0.717, 1.165) is 32.8 Å². The van der Waals surface area contributed by atoms with Crippen molar-refractivity contribution >= 4 is 33.1 Å². The minimum atomic E-state index is -0.302. The number of ether oxygens (including phenoxy) is 1. The quantitative estimate of drug-likeness (QED) is 0.498. The summed E-state index contributed by atoms with van der Waals surface area (Å²) in [7, 11) is 0. The summed E-state index contributed by atoms with van der Waals surface area (Å²) in [6.45, 7) is 3.70. The molecule has 5 nitrogen and oxygen atoms in total. The number of rotatable bonds is 5. The highest BCUT2D eigenvalue weighted by Gasteiger charge is 2.16. The van der Waals surface area contributed by atoms with Gasteiger partial charge >= 0.3 is 0 Å². The maximum Gasteiger partial charge on any atom is 0.262 e. The molecule has 4 rings (SSSR count). The summed E-state index contributed by atoms with van der Waals surface area (Å²) in [5.41, 5.74) is 4.43. The van der Waals surface area contributed by atoms with E-state index in [0.29, 0.717) is 11.3 Å². The van der Waals surface area contributed by atoms with E-state index < -0.39 is 0 Å². The van der Waals surface area contributed by atoms with Gasteiger partial charge in [-0.2, -0.15) is 0 Å². The van der Waals surface area contributed by atoms with E-state index in [-0.39, 0.29) is 18.3 Å². The second kappa shape index (κ2) is 7.97. The van der Waals surface area contributed by atoms with Gasteiger partial charge in [0.25, 0.3) is 5.91 Å². The van der Waals surface area contributed by atoms with Crippen molar-refractivity contribution < 1.29 is 13.9 Å². The number of hydrogen-bond donors (Lipinski definition) is 1. The van der Waals surface area contributed by atoms with Crippen molar-refractivity contribution in [1.29, 1.82) is 0 Å². The summed E-state index contributed by atoms with van der Waals surface area (Å²) >= 11 is 1.44. The minimum Gasteiger partial charge on any atom is -0.467 e. The molecule has 0 aliphatic carbocycles. The average Bonchev–Trinajstić information content (AvgIpc) is 3.15. The molecule has 0 unspecified atom stereocenters. The number of halogens is 1. The molecule has 0 aliphatic rings. The number of nitrogens with one attached hydrogen (secondary N) is 1. The molecule has 0 saturated heterocycles. The van der Waals surface area contributed by atoms with Gasteiger partial charge in [-0.15, -0.1) is 11.3 Å². The molecule has 0 bridgehead atoms. The molecule has 2 aromatic carbocycles. The third-order valence-electron chi connectivity index (χ3n) is 4.58. The summed E-state index contributed by atoms with van der Waals surface area (Å²) in [6, 6.07) is 12.0. The van der Waals surface area contributed by atoms with Gasteiger partial charge in [-0.25, -0.2) is 14.4 Å². The fourth-order valence-electron chi connectivity index (χ4n) is 3.12. The molecule has 2 heterocycles. The van der Waals surface area contributed by atoms with Crippen LogP contribution in [-0.4, -0.2) is 22.5 Å². The molecule has 4 aromatic rings. The third-order valence-corrected chi connectivity index (χ3v) is 5.46. The van der Waals surface area contributed by atoms with Crippen LogP contribution in [0.15, 0.2) is 54.2 Å². The standard InChI is InChI=1S/C22H18FN3O2S/c1-13-4-3-5-14(2)20(13)26-18(27)10-28-21-19-17(11-29-22(19)25-12-24-21)15-6-8-16(23)9-7-15/h3-9,11-12H,10H2,1-2H3,(H,26,27). The Bertz CT molecular complexity index is 1170. The van der Waals surface area contributed by atoms with Crippen LogP contribution in [0, 0.1) is 19.7 Å². The second-order valence-electron chi connectivity index (χ2n) is 6.62. The predicted molar refractivity (Wildman–Crippen MR) is 113 cm³/mol. The van der Waals surface area contributed by atoms with Crippen molar-refractivity contribution in [2.45, 2.75) is 13.8 Å². The molecule has 0 radical (unpaired) electrons. The van der Waals surface area contributed by atoms with E-state index in [4.69, 9.17) is 4.74 Å². The number of para-hydroxylation sites is 1. The van der Waals surface area contributed by atoms with Gasteiger partial charge in [-0.3, -0.25) is 4.79 Å². The highest BCUT2D eigenvalue weighted by molar-refractivity contribution is 7.17. The van der Waals surface area contributed by atoms with E-state index in [1.807, 2.05) is 37.4 Å². The van der Waals surface area contributed by atoms with Crippen LogP contribution < -0.4 is 10.1 Å². The molecule has 0 atom stereocenters. The number of fused-ring (bicyclic) bond motifs is 1. The number of aromatic nitrogens is 2. The van der Waals surface area contributed by atoms with Crippen LogP contribution in [-0.2, 0) is 4.79 Å². The first kappa shape index (κ1) is 19.0. The number of amides is 1. The smallest absolute Gasteiger partial charge is 0.262 e. The Balaban J connectivity index is 1.57. The van der Waals surface area contributed by atoms with Crippen molar-refractivity contribution in [3.63, 3.8) is 0 Å². The van der Waals surface area contributed by atoms with E-state index in [1.165, 1.54) is 29.8 Å². The lowest BCUT2D eigenvalue weighted by Gasteiger charge is -2.12. The van der Waals surface area contributed by atoms with Crippen LogP contribution in [0.4, 0.5) is 10.1 Å². The van der Waals surface area contributed by atoms with E-state index in [1.54, 1.807) is 12.1 Å². The van der Waals surface area contributed by atoms with Gasteiger partial charge < -0.3 is 10.1 Å². The van der Waals surface area contributed by atoms with Crippen LogP contribution >= 0.6 is 11.3 Å². The van der Waals surface area contributed by atoms with Crippen LogP contribution in [0.2, 0.25) is 0 Å². The molecule has 0 fully saturated rings.